The first-order valence-electron chi connectivity index (χ1n) is 7.17. The van der Waals surface area contributed by atoms with Crippen LogP contribution < -0.4 is 4.74 Å². The normalized spacial score (nSPS) is 14.4. The fourth-order valence-corrected chi connectivity index (χ4v) is 3.62. The molecule has 3 nitrogen and oxygen atoms in total. The molecule has 5 heteroatoms. The van der Waals surface area contributed by atoms with Gasteiger partial charge in [0.15, 0.2) is 11.3 Å². The van der Waals surface area contributed by atoms with Gasteiger partial charge in [-0.2, -0.15) is 0 Å². The summed E-state index contributed by atoms with van der Waals surface area (Å²) in [7, 11) is 8.02. The van der Waals surface area contributed by atoms with Gasteiger partial charge in [0, 0.05) is 23.2 Å². The van der Waals surface area contributed by atoms with Crippen LogP contribution in [0, 0.1) is 0 Å². The summed E-state index contributed by atoms with van der Waals surface area (Å²) in [5.74, 6) is 0.754. The maximum atomic E-state index is 6.37. The highest BCUT2D eigenvalue weighted by atomic mass is 32.1. The van der Waals surface area contributed by atoms with Crippen molar-refractivity contribution in [3.05, 3.63) is 52.9 Å². The second kappa shape index (κ2) is 6.28. The van der Waals surface area contributed by atoms with E-state index in [9.17, 15) is 0 Å². The summed E-state index contributed by atoms with van der Waals surface area (Å²) in [5.41, 5.74) is 0.784. The molecule has 1 atom stereocenters. The van der Waals surface area contributed by atoms with E-state index in [0.29, 0.717) is 0 Å². The van der Waals surface area contributed by atoms with Gasteiger partial charge in [0.05, 0.1) is 16.5 Å². The lowest BCUT2D eigenvalue weighted by atomic mass is 10.2. The van der Waals surface area contributed by atoms with Crippen LogP contribution in [0.15, 0.2) is 52.5 Å². The van der Waals surface area contributed by atoms with Crippen LogP contribution in [0.5, 0.6) is 5.75 Å². The largest absolute Gasteiger partial charge is 0.483 e. The van der Waals surface area contributed by atoms with Crippen molar-refractivity contribution in [2.45, 2.75) is 11.6 Å². The second-order valence-electron chi connectivity index (χ2n) is 5.55. The summed E-state index contributed by atoms with van der Waals surface area (Å²) in [5, 5.41) is 2.56. The Labute approximate surface area is 137 Å². The summed E-state index contributed by atoms with van der Waals surface area (Å²) in [6, 6.07) is 12.0. The topological polar surface area (TPSA) is 25.6 Å². The maximum Gasteiger partial charge on any atom is 0.175 e. The molecule has 113 valence electrons. The number of para-hydroxylation sites is 1. The van der Waals surface area contributed by atoms with Gasteiger partial charge < -0.3 is 14.1 Å². The highest BCUT2D eigenvalue weighted by Gasteiger charge is 2.31. The maximum absolute atomic E-state index is 6.37. The molecule has 3 aromatic rings. The average Bonchev–Trinajstić information content (AvgIpc) is 3.17. The van der Waals surface area contributed by atoms with Gasteiger partial charge in [0.2, 0.25) is 0 Å². The monoisotopic (exact) mass is 328 g/mol. The molecule has 0 fully saturated rings. The van der Waals surface area contributed by atoms with Crippen molar-refractivity contribution >= 4 is 32.5 Å². The van der Waals surface area contributed by atoms with Crippen LogP contribution in [0.25, 0.3) is 11.0 Å². The zero-order valence-electron chi connectivity index (χ0n) is 12.7. The molecule has 0 spiro atoms. The lowest BCUT2D eigenvalue weighted by Gasteiger charge is -2.31. The molecule has 2 aromatic heterocycles. The van der Waals surface area contributed by atoms with Crippen molar-refractivity contribution in [1.29, 1.82) is 0 Å². The Morgan fingerprint density at radius 1 is 1.23 bits per heavy atom. The number of fused-ring (bicyclic) bond motifs is 1. The van der Waals surface area contributed by atoms with Crippen LogP contribution in [0.1, 0.15) is 11.3 Å². The second-order valence-corrected chi connectivity index (χ2v) is 7.31. The predicted octanol–water partition coefficient (Wildman–Crippen LogP) is 3.85. The van der Waals surface area contributed by atoms with Crippen LogP contribution in [0.2, 0.25) is 0 Å². The van der Waals surface area contributed by atoms with Crippen molar-refractivity contribution in [3.63, 3.8) is 0 Å². The summed E-state index contributed by atoms with van der Waals surface area (Å²) in [4.78, 5) is 3.30. The number of rotatable bonds is 6. The Hall–Kier alpha value is -1.56. The molecule has 22 heavy (non-hydrogen) atoms. The van der Waals surface area contributed by atoms with Gasteiger partial charge in [-0.3, -0.25) is 0 Å². The molecule has 0 saturated carbocycles. The van der Waals surface area contributed by atoms with E-state index >= 15 is 0 Å². The minimum absolute atomic E-state index is 0.556. The van der Waals surface area contributed by atoms with Gasteiger partial charge >= 0.3 is 0 Å². The predicted molar refractivity (Wildman–Crippen MR) is 91.8 cm³/mol. The molecule has 0 saturated heterocycles. The molecule has 2 heterocycles. The van der Waals surface area contributed by atoms with Crippen molar-refractivity contribution in [3.8, 4) is 5.75 Å². The van der Waals surface area contributed by atoms with E-state index in [-0.39, 0.29) is 0 Å². The van der Waals surface area contributed by atoms with Crippen molar-refractivity contribution < 1.29 is 9.15 Å². The van der Waals surface area contributed by atoms with Crippen LogP contribution in [-0.2, 0) is 5.22 Å². The number of hydrogen-bond acceptors (Lipinski definition) is 4. The third-order valence-electron chi connectivity index (χ3n) is 3.56. The molecule has 0 aliphatic heterocycles. The number of nitrogens with zero attached hydrogens (tertiary/aromatic N) is 1. The summed E-state index contributed by atoms with van der Waals surface area (Å²) < 4.78 is 12.0. The molecular formula is C17H18NO2SSi. The van der Waals surface area contributed by atoms with Gasteiger partial charge in [-0.1, -0.05) is 18.2 Å². The number of ether oxygens (including phenoxy) is 1. The lowest BCUT2D eigenvalue weighted by molar-refractivity contribution is 0.138. The molecule has 0 amide bonds. The third-order valence-corrected chi connectivity index (χ3v) is 5.37. The van der Waals surface area contributed by atoms with Crippen molar-refractivity contribution in [1.82, 2.24) is 4.90 Å². The Morgan fingerprint density at radius 2 is 2.09 bits per heavy atom. The lowest BCUT2D eigenvalue weighted by Crippen LogP contribution is -2.36. The third kappa shape index (κ3) is 3.11. The number of benzene rings is 1. The molecule has 3 rings (SSSR count). The molecule has 3 radical (unpaired) electrons. The summed E-state index contributed by atoms with van der Waals surface area (Å²) in [6.07, 6.45) is 2.52. The van der Waals surface area contributed by atoms with Crippen molar-refractivity contribution in [2.24, 2.45) is 0 Å². The van der Waals surface area contributed by atoms with Gasteiger partial charge in [-0.15, -0.1) is 11.3 Å². The Bertz CT molecular complexity index is 738. The van der Waals surface area contributed by atoms with Gasteiger partial charge in [0.1, 0.15) is 5.22 Å². The zero-order chi connectivity index (χ0) is 15.6. The van der Waals surface area contributed by atoms with E-state index < -0.39 is 5.22 Å². The van der Waals surface area contributed by atoms with Crippen LogP contribution in [0.4, 0.5) is 0 Å². The van der Waals surface area contributed by atoms with E-state index in [4.69, 9.17) is 9.15 Å². The Balaban J connectivity index is 1.94. The zero-order valence-corrected chi connectivity index (χ0v) is 14.5. The van der Waals surface area contributed by atoms with Gasteiger partial charge in [-0.05, 0) is 37.7 Å². The smallest absolute Gasteiger partial charge is 0.175 e. The van der Waals surface area contributed by atoms with E-state index in [1.165, 1.54) is 0 Å². The molecular weight excluding hydrogens is 310 g/mol. The van der Waals surface area contributed by atoms with Crippen LogP contribution >= 0.6 is 11.3 Å². The molecule has 0 unspecified atom stereocenters. The van der Waals surface area contributed by atoms with E-state index in [1.54, 1.807) is 17.6 Å². The Morgan fingerprint density at radius 3 is 2.82 bits per heavy atom. The molecule has 0 aliphatic carbocycles. The SMILES string of the molecule is CN(C)CC[C@@]([Si])(Oc1cccc2ccoc12)c1cccs1. The minimum Gasteiger partial charge on any atom is -0.483 e. The van der Waals surface area contributed by atoms with E-state index in [2.05, 4.69) is 40.7 Å². The van der Waals surface area contributed by atoms with Gasteiger partial charge in [0.25, 0.3) is 0 Å². The highest BCUT2D eigenvalue weighted by Crippen LogP contribution is 2.35. The standard InChI is InChI=1S/C17H18NO2SSi/c1-18(2)10-9-17(22,15-7-4-12-21-15)20-14-6-3-5-13-8-11-19-16(13)14/h3-8,11-12H,9-10H2,1-2H3/t17-/m0/s1. The first kappa shape index (κ1) is 15.3. The fourth-order valence-electron chi connectivity index (χ4n) is 2.35. The van der Waals surface area contributed by atoms with E-state index in [1.807, 2.05) is 30.3 Å². The molecule has 1 aromatic carbocycles. The first-order valence-corrected chi connectivity index (χ1v) is 8.55. The fraction of sp³-hybridized carbons (Fsp3) is 0.294. The van der Waals surface area contributed by atoms with E-state index in [0.717, 1.165) is 34.6 Å². The first-order chi connectivity index (χ1) is 10.6. The number of thiophene rings is 1. The minimum atomic E-state index is -0.556. The summed E-state index contributed by atoms with van der Waals surface area (Å²) in [6.45, 7) is 0.912. The Kier molecular flexibility index (Phi) is 4.38. The van der Waals surface area contributed by atoms with Gasteiger partial charge in [-0.25, -0.2) is 0 Å². The van der Waals surface area contributed by atoms with Crippen molar-refractivity contribution in [2.75, 3.05) is 20.6 Å². The average molecular weight is 328 g/mol. The molecule has 0 aliphatic rings. The summed E-state index contributed by atoms with van der Waals surface area (Å²) >= 11 is 1.69. The van der Waals surface area contributed by atoms with Crippen LogP contribution in [0.3, 0.4) is 0 Å². The quantitative estimate of drug-likeness (QED) is 0.643. The number of hydrogen-bond donors (Lipinski definition) is 0. The molecule has 0 N–H and O–H groups in total. The van der Waals surface area contributed by atoms with Crippen LogP contribution in [-0.4, -0.2) is 35.8 Å². The highest BCUT2D eigenvalue weighted by molar-refractivity contribution is 7.10. The number of furan rings is 1. The molecule has 0 bridgehead atoms.